The Balaban J connectivity index is 3.41. The molecule has 1 unspecified atom stereocenters. The Morgan fingerprint density at radius 1 is 1.15 bits per heavy atom. The molecule has 78 valence electrons. The van der Waals surface area contributed by atoms with Crippen LogP contribution in [0.4, 0.5) is 0 Å². The van der Waals surface area contributed by atoms with E-state index < -0.39 is 0 Å². The summed E-state index contributed by atoms with van der Waals surface area (Å²) in [6, 6.07) is 0. The predicted octanol–water partition coefficient (Wildman–Crippen LogP) is 4.95. The molecule has 0 nitrogen and oxygen atoms in total. The lowest BCUT2D eigenvalue weighted by atomic mass is 9.94. The van der Waals surface area contributed by atoms with Crippen LogP contribution in [0, 0.1) is 5.92 Å². The average molecular weight is 182 g/mol. The molecule has 13 heavy (non-hydrogen) atoms. The van der Waals surface area contributed by atoms with E-state index in [0.29, 0.717) is 0 Å². The standard InChI is InChI=1S/C13H26/c1-5-7-9-12(3)11-13(4)10-8-6-2/h13H,3,5-11H2,1-2,4H3. The van der Waals surface area contributed by atoms with Crippen molar-refractivity contribution in [3.63, 3.8) is 0 Å². The molecular formula is C13H26. The van der Waals surface area contributed by atoms with E-state index >= 15 is 0 Å². The van der Waals surface area contributed by atoms with Crippen LogP contribution >= 0.6 is 0 Å². The summed E-state index contributed by atoms with van der Waals surface area (Å²) in [5.41, 5.74) is 1.46. The van der Waals surface area contributed by atoms with Crippen LogP contribution in [0.3, 0.4) is 0 Å². The maximum Gasteiger partial charge on any atom is -0.0297 e. The Hall–Kier alpha value is -0.260. The van der Waals surface area contributed by atoms with Crippen molar-refractivity contribution in [1.82, 2.24) is 0 Å². The first-order valence-electron chi connectivity index (χ1n) is 5.87. The highest BCUT2D eigenvalue weighted by Crippen LogP contribution is 2.19. The first kappa shape index (κ1) is 12.7. The van der Waals surface area contributed by atoms with E-state index in [-0.39, 0.29) is 0 Å². The van der Waals surface area contributed by atoms with Gasteiger partial charge in [0.2, 0.25) is 0 Å². The van der Waals surface area contributed by atoms with Gasteiger partial charge in [-0.05, 0) is 25.2 Å². The summed E-state index contributed by atoms with van der Waals surface area (Å²) in [6.45, 7) is 11.0. The SMILES string of the molecule is C=C(CCCC)CC(C)CCCC. The predicted molar refractivity (Wildman–Crippen MR) is 62.0 cm³/mol. The second-order valence-electron chi connectivity index (χ2n) is 4.31. The minimum atomic E-state index is 0.851. The lowest BCUT2D eigenvalue weighted by Crippen LogP contribution is -1.96. The van der Waals surface area contributed by atoms with Gasteiger partial charge in [-0.1, -0.05) is 58.6 Å². The third-order valence-electron chi connectivity index (χ3n) is 2.57. The third-order valence-corrected chi connectivity index (χ3v) is 2.57. The summed E-state index contributed by atoms with van der Waals surface area (Å²) < 4.78 is 0. The van der Waals surface area contributed by atoms with E-state index in [1.54, 1.807) is 0 Å². The zero-order chi connectivity index (χ0) is 10.1. The molecule has 0 heteroatoms. The number of hydrogen-bond donors (Lipinski definition) is 0. The van der Waals surface area contributed by atoms with Crippen LogP contribution in [-0.2, 0) is 0 Å². The summed E-state index contributed by atoms with van der Waals surface area (Å²) >= 11 is 0. The lowest BCUT2D eigenvalue weighted by molar-refractivity contribution is 0.494. The van der Waals surface area contributed by atoms with Crippen LogP contribution in [0.5, 0.6) is 0 Å². The minimum Gasteiger partial charge on any atom is -0.0999 e. The summed E-state index contributed by atoms with van der Waals surface area (Å²) in [5, 5.41) is 0. The fraction of sp³-hybridized carbons (Fsp3) is 0.846. The molecule has 0 saturated carbocycles. The molecule has 0 aromatic carbocycles. The number of rotatable bonds is 8. The highest BCUT2D eigenvalue weighted by Gasteiger charge is 2.03. The molecule has 0 amide bonds. The molecular weight excluding hydrogens is 156 g/mol. The molecule has 0 bridgehead atoms. The molecule has 0 radical (unpaired) electrons. The number of unbranched alkanes of at least 4 members (excludes halogenated alkanes) is 2. The van der Waals surface area contributed by atoms with Crippen molar-refractivity contribution in [2.45, 2.75) is 65.7 Å². The quantitative estimate of drug-likeness (QED) is 0.466. The van der Waals surface area contributed by atoms with Crippen molar-refractivity contribution in [1.29, 1.82) is 0 Å². The smallest absolute Gasteiger partial charge is 0.0297 e. The maximum absolute atomic E-state index is 4.14. The Morgan fingerprint density at radius 2 is 1.77 bits per heavy atom. The largest absolute Gasteiger partial charge is 0.0999 e. The van der Waals surface area contributed by atoms with Gasteiger partial charge < -0.3 is 0 Å². The molecule has 0 aromatic rings. The highest BCUT2D eigenvalue weighted by atomic mass is 14.1. The van der Waals surface area contributed by atoms with Gasteiger partial charge in [0.25, 0.3) is 0 Å². The Morgan fingerprint density at radius 3 is 2.31 bits per heavy atom. The van der Waals surface area contributed by atoms with E-state index in [1.807, 2.05) is 0 Å². The normalized spacial score (nSPS) is 12.8. The van der Waals surface area contributed by atoms with Crippen molar-refractivity contribution in [3.8, 4) is 0 Å². The Kier molecular flexibility index (Phi) is 8.18. The molecule has 0 N–H and O–H groups in total. The van der Waals surface area contributed by atoms with Gasteiger partial charge in [0.1, 0.15) is 0 Å². The number of allylic oxidation sites excluding steroid dienone is 1. The zero-order valence-corrected chi connectivity index (χ0v) is 9.73. The van der Waals surface area contributed by atoms with Gasteiger partial charge in [0, 0.05) is 0 Å². The van der Waals surface area contributed by atoms with E-state index in [0.717, 1.165) is 5.92 Å². The number of hydrogen-bond acceptors (Lipinski definition) is 0. The van der Waals surface area contributed by atoms with Crippen LogP contribution in [0.25, 0.3) is 0 Å². The first-order chi connectivity index (χ1) is 6.20. The molecule has 0 saturated heterocycles. The van der Waals surface area contributed by atoms with Crippen LogP contribution in [0.1, 0.15) is 65.7 Å². The van der Waals surface area contributed by atoms with Crippen LogP contribution < -0.4 is 0 Å². The van der Waals surface area contributed by atoms with Gasteiger partial charge in [-0.2, -0.15) is 0 Å². The minimum absolute atomic E-state index is 0.851. The fourth-order valence-corrected chi connectivity index (χ4v) is 1.68. The molecule has 0 aliphatic carbocycles. The molecule has 1 atom stereocenters. The maximum atomic E-state index is 4.14. The second-order valence-corrected chi connectivity index (χ2v) is 4.31. The molecule has 0 fully saturated rings. The van der Waals surface area contributed by atoms with Crippen molar-refractivity contribution < 1.29 is 0 Å². The van der Waals surface area contributed by atoms with Gasteiger partial charge in [0.05, 0.1) is 0 Å². The van der Waals surface area contributed by atoms with Crippen molar-refractivity contribution in [2.75, 3.05) is 0 Å². The van der Waals surface area contributed by atoms with Crippen molar-refractivity contribution >= 4 is 0 Å². The highest BCUT2D eigenvalue weighted by molar-refractivity contribution is 4.94. The molecule has 0 heterocycles. The lowest BCUT2D eigenvalue weighted by Gasteiger charge is -2.12. The van der Waals surface area contributed by atoms with Crippen LogP contribution in [0.2, 0.25) is 0 Å². The Labute approximate surface area is 84.4 Å². The fourth-order valence-electron chi connectivity index (χ4n) is 1.68. The van der Waals surface area contributed by atoms with Gasteiger partial charge in [-0.25, -0.2) is 0 Å². The summed E-state index contributed by atoms with van der Waals surface area (Å²) in [6.07, 6.45) is 9.18. The van der Waals surface area contributed by atoms with Gasteiger partial charge >= 0.3 is 0 Å². The molecule has 0 spiro atoms. The van der Waals surface area contributed by atoms with E-state index in [9.17, 15) is 0 Å². The van der Waals surface area contributed by atoms with Gasteiger partial charge in [0.15, 0.2) is 0 Å². The van der Waals surface area contributed by atoms with Crippen molar-refractivity contribution in [2.24, 2.45) is 5.92 Å². The van der Waals surface area contributed by atoms with E-state index in [2.05, 4.69) is 27.4 Å². The van der Waals surface area contributed by atoms with Crippen LogP contribution in [0.15, 0.2) is 12.2 Å². The Bertz CT molecular complexity index is 124. The zero-order valence-electron chi connectivity index (χ0n) is 9.73. The van der Waals surface area contributed by atoms with Crippen LogP contribution in [-0.4, -0.2) is 0 Å². The summed E-state index contributed by atoms with van der Waals surface area (Å²) in [4.78, 5) is 0. The molecule has 0 rings (SSSR count). The molecule has 0 aromatic heterocycles. The molecule has 0 aliphatic heterocycles. The van der Waals surface area contributed by atoms with E-state index in [1.165, 1.54) is 50.5 Å². The van der Waals surface area contributed by atoms with Crippen molar-refractivity contribution in [3.05, 3.63) is 12.2 Å². The van der Waals surface area contributed by atoms with Gasteiger partial charge in [-0.15, -0.1) is 0 Å². The summed E-state index contributed by atoms with van der Waals surface area (Å²) in [5.74, 6) is 0.851. The summed E-state index contributed by atoms with van der Waals surface area (Å²) in [7, 11) is 0. The van der Waals surface area contributed by atoms with E-state index in [4.69, 9.17) is 0 Å². The van der Waals surface area contributed by atoms with Gasteiger partial charge in [-0.3, -0.25) is 0 Å². The topological polar surface area (TPSA) is 0 Å². The second kappa shape index (κ2) is 8.34. The third kappa shape index (κ3) is 8.08. The average Bonchev–Trinajstić information content (AvgIpc) is 2.11. The molecule has 0 aliphatic rings. The first-order valence-corrected chi connectivity index (χ1v) is 5.87. The monoisotopic (exact) mass is 182 g/mol.